The van der Waals surface area contributed by atoms with Gasteiger partial charge in [-0.15, -0.1) is 20.4 Å². The molecule has 41 nitrogen and oxygen atoms in total. The zero-order chi connectivity index (χ0) is 96.6. The fourth-order valence-corrected chi connectivity index (χ4v) is 15.7. The van der Waals surface area contributed by atoms with Crippen LogP contribution in [0.1, 0.15) is 199 Å². The van der Waals surface area contributed by atoms with Crippen LogP contribution in [-0.4, -0.2) is 191 Å². The average molecular weight is 1870 g/mol. The molecular weight excluding hydrogens is 1740 g/mol. The van der Waals surface area contributed by atoms with E-state index in [2.05, 4.69) is 87.4 Å². The molecule has 8 heterocycles. The van der Waals surface area contributed by atoms with Gasteiger partial charge in [0.1, 0.15) is 70.7 Å². The van der Waals surface area contributed by atoms with Gasteiger partial charge in [-0.25, -0.2) is 62.8 Å². The first kappa shape index (κ1) is 101. The van der Waals surface area contributed by atoms with Crippen molar-refractivity contribution < 1.29 is 96.7 Å². The van der Waals surface area contributed by atoms with Crippen LogP contribution in [0.15, 0.2) is 103 Å². The largest absolute Gasteiger partial charge is 0.489 e. The fraction of sp³-hybridized carbons (Fsp3) is 0.500. The number of aliphatic carboxylic acids is 4. The summed E-state index contributed by atoms with van der Waals surface area (Å²) in [5.41, 5.74) is 11.6. The number of carboxylic acid groups (broad SMARTS) is 4. The van der Waals surface area contributed by atoms with Gasteiger partial charge in [-0.2, -0.15) is 0 Å². The summed E-state index contributed by atoms with van der Waals surface area (Å²) >= 11 is 0. The van der Waals surface area contributed by atoms with Crippen LogP contribution in [0.2, 0.25) is 0 Å². The lowest BCUT2D eigenvalue weighted by Gasteiger charge is -2.27. The van der Waals surface area contributed by atoms with Crippen molar-refractivity contribution in [3.05, 3.63) is 160 Å². The topological polar surface area (TPSA) is 527 Å². The second-order valence-electron chi connectivity index (χ2n) is 33.9. The Morgan fingerprint density at radius 3 is 1.01 bits per heavy atom. The number of carboxylic acids is 4. The van der Waals surface area contributed by atoms with Gasteiger partial charge in [0.25, 0.3) is 0 Å². The maximum absolute atomic E-state index is 12.2. The van der Waals surface area contributed by atoms with E-state index in [0.29, 0.717) is 185 Å². The Bertz CT molecular complexity index is 5450. The monoisotopic (exact) mass is 1860 g/mol. The summed E-state index contributed by atoms with van der Waals surface area (Å²) in [7, 11) is 6.98. The lowest BCUT2D eigenvalue weighted by molar-refractivity contribution is -0.144. The smallest absolute Gasteiger partial charge is 0.407 e. The van der Waals surface area contributed by atoms with Crippen molar-refractivity contribution >= 4 is 48.3 Å². The predicted molar refractivity (Wildman–Crippen MR) is 487 cm³/mol. The molecular formula is C94H121N21O20. The van der Waals surface area contributed by atoms with Crippen LogP contribution in [0, 0.1) is 57.3 Å². The summed E-state index contributed by atoms with van der Waals surface area (Å²) in [4.78, 5) is 116. The summed E-state index contributed by atoms with van der Waals surface area (Å²) in [6.45, 7) is 15.2. The first-order valence-electron chi connectivity index (χ1n) is 45.6. The molecule has 0 radical (unpaired) electrons. The Morgan fingerprint density at radius 2 is 0.704 bits per heavy atom. The van der Waals surface area contributed by atoms with Crippen molar-refractivity contribution in [1.82, 2.24) is 106 Å². The summed E-state index contributed by atoms with van der Waals surface area (Å²) in [5.74, 6) is -1.99. The van der Waals surface area contributed by atoms with E-state index in [-0.39, 0.29) is 81.6 Å². The molecule has 0 spiro atoms. The highest BCUT2D eigenvalue weighted by atomic mass is 16.6. The fourth-order valence-electron chi connectivity index (χ4n) is 15.7. The van der Waals surface area contributed by atoms with Crippen LogP contribution in [-0.2, 0) is 106 Å². The molecule has 4 amide bonds. The van der Waals surface area contributed by atoms with Gasteiger partial charge in [0.2, 0.25) is 5.88 Å². The Kier molecular flexibility index (Phi) is 37.5. The van der Waals surface area contributed by atoms with Gasteiger partial charge < -0.3 is 79.6 Å². The highest BCUT2D eigenvalue weighted by molar-refractivity contribution is 5.73. The molecule has 0 saturated heterocycles. The molecule has 135 heavy (non-hydrogen) atoms. The van der Waals surface area contributed by atoms with E-state index in [0.717, 1.165) is 81.8 Å². The minimum absolute atomic E-state index is 0.133. The molecule has 4 saturated carbocycles. The first-order chi connectivity index (χ1) is 65.0. The summed E-state index contributed by atoms with van der Waals surface area (Å²) in [6, 6.07) is 29.7. The van der Waals surface area contributed by atoms with Crippen LogP contribution in [0.4, 0.5) is 19.2 Å². The third-order valence-electron chi connectivity index (χ3n) is 23.8. The van der Waals surface area contributed by atoms with Crippen molar-refractivity contribution in [2.45, 2.75) is 234 Å². The number of hydrogen-bond donors (Lipinski definition) is 8. The number of hydrogen-bond acceptors (Lipinski definition) is 29. The van der Waals surface area contributed by atoms with Gasteiger partial charge in [-0.3, -0.25) is 19.2 Å². The van der Waals surface area contributed by atoms with E-state index in [9.17, 15) is 58.8 Å². The van der Waals surface area contributed by atoms with Crippen molar-refractivity contribution in [2.75, 3.05) is 13.2 Å². The molecule has 4 aliphatic carbocycles. The van der Waals surface area contributed by atoms with E-state index < -0.39 is 54.2 Å². The standard InChI is InChI=1S/C25H29N5O5.C24H28N6O5.C23H33N5O5.C22H31N5O5/c1-16-22(35-19-10-6-9-18(13-19)24(31)32)12-11-20(27-16)23-21(30(2)29-28-23)14-26-25(33)34-15-17-7-4-3-5-8-17;1-15-22(35-18-10-6-9-17(11-18)23(31)32)25-12-19(27-15)21-20(30(2)29-28-21)13-26-24(33)34-14-16-7-4-3-5-8-16;1-5-14(2)13-32-23(31)24-12-19-21(26-27-28(19)4)18-9-10-20(15(3)25-18)33-17-8-6-7-16(11-17)22(29)30;1-4-5-11-31-22(30)23-13-18-20(25-26-27(18)3)17-9-10-19(14(2)24-17)32-16-8-6-7-15(12-16)21(28)29/h3-5,7-8,11-12,18-19H,6,9-10,13-15H2,1-2H3,(H,26,33)(H,31,32);3-5,7-8,12,17-18H,6,9-11,13-14H2,1-2H3,(H,26,33)(H,31,32);9-10,14,16-17H,5-8,11-13H2,1-4H3,(H,24,31)(H,29,30);9-10,15-16H,4-8,11-13H2,1-3H3,(H,23,30)(H,28,29)/t18?,19-;17-,18-;14-,16-,17-;15-,16-/m0000/s1. The average Bonchev–Trinajstić information content (AvgIpc) is 1.72. The normalized spacial score (nSPS) is 18.1. The van der Waals surface area contributed by atoms with E-state index in [1.165, 1.54) is 0 Å². The molecule has 10 aromatic rings. The molecule has 0 bridgehead atoms. The molecule has 41 heteroatoms. The van der Waals surface area contributed by atoms with Crippen LogP contribution in [0.5, 0.6) is 23.1 Å². The molecule has 0 aliphatic heterocycles. The summed E-state index contributed by atoms with van der Waals surface area (Å²) in [6.07, 6.45) is 12.9. The lowest BCUT2D eigenvalue weighted by Crippen LogP contribution is -2.30. The number of amides is 4. The number of aryl methyl sites for hydroxylation is 8. The number of nitrogens with one attached hydrogen (secondary N) is 4. The highest BCUT2D eigenvalue weighted by Crippen LogP contribution is 2.36. The molecule has 4 aliphatic rings. The minimum Gasteiger partial charge on any atom is -0.489 e. The van der Waals surface area contributed by atoms with Crippen molar-refractivity contribution in [1.29, 1.82) is 0 Å². The molecule has 722 valence electrons. The van der Waals surface area contributed by atoms with E-state index in [1.54, 1.807) is 78.2 Å². The third-order valence-corrected chi connectivity index (χ3v) is 23.8. The highest BCUT2D eigenvalue weighted by Gasteiger charge is 2.34. The molecule has 14 rings (SSSR count). The zero-order valence-corrected chi connectivity index (χ0v) is 78.0. The van der Waals surface area contributed by atoms with E-state index >= 15 is 0 Å². The Hall–Kier alpha value is -14.3. The number of aromatic nitrogens is 17. The van der Waals surface area contributed by atoms with E-state index in [1.807, 2.05) is 120 Å². The number of pyridine rings is 3. The first-order valence-corrected chi connectivity index (χ1v) is 45.6. The third kappa shape index (κ3) is 29.8. The SMILES string of the molecule is CCCCOC(=O)NCc1c(-c2ccc(O[C@H]3CCC[C@H](C(=O)O)C3)c(C)n2)nnn1C.CC[C@H](C)COC(=O)NCc1c(-c2ccc(O[C@H]3CCC[C@H](C(=O)O)C3)c(C)n2)nnn1C.Cc1nc(-c2nnn(C)c2CNC(=O)OCc2ccccc2)ccc1O[C@H]1CCCC(C(=O)O)C1.Cc1nc(-c2nnn(C)c2CNC(=O)OCc2ccccc2)cnc1O[C@H]1CCC[C@H](C(=O)O)C1. The van der Waals surface area contributed by atoms with Crippen molar-refractivity contribution in [3.63, 3.8) is 0 Å². The van der Waals surface area contributed by atoms with Crippen LogP contribution in [0.3, 0.4) is 0 Å². The minimum atomic E-state index is -0.788. The Labute approximate surface area is 781 Å². The number of nitrogens with zero attached hydrogens (tertiary/aromatic N) is 17. The molecule has 9 atom stereocenters. The van der Waals surface area contributed by atoms with Gasteiger partial charge in [0.05, 0.1) is 145 Å². The molecule has 4 fully saturated rings. The quantitative estimate of drug-likeness (QED) is 0.0137. The van der Waals surface area contributed by atoms with Crippen LogP contribution >= 0.6 is 0 Å². The number of carbonyl (C=O) groups excluding carboxylic acids is 4. The second-order valence-corrected chi connectivity index (χ2v) is 33.9. The van der Waals surface area contributed by atoms with Gasteiger partial charge in [0, 0.05) is 28.2 Å². The number of ether oxygens (including phenoxy) is 8. The van der Waals surface area contributed by atoms with Crippen LogP contribution < -0.4 is 40.2 Å². The number of rotatable bonds is 34. The van der Waals surface area contributed by atoms with Gasteiger partial charge in [-0.05, 0) is 190 Å². The molecule has 2 aromatic carbocycles. The summed E-state index contributed by atoms with van der Waals surface area (Å²) < 4.78 is 51.5. The van der Waals surface area contributed by atoms with Gasteiger partial charge >= 0.3 is 48.3 Å². The van der Waals surface area contributed by atoms with Crippen molar-refractivity contribution in [3.8, 4) is 68.7 Å². The molecule has 8 N–H and O–H groups in total. The predicted octanol–water partition coefficient (Wildman–Crippen LogP) is 13.4. The van der Waals surface area contributed by atoms with Gasteiger partial charge in [0.15, 0.2) is 0 Å². The second kappa shape index (κ2) is 50.0. The Balaban J connectivity index is 0.000000173. The number of unbranched alkanes of at least 4 members (excludes halogenated alkanes) is 1. The molecule has 1 unspecified atom stereocenters. The Morgan fingerprint density at radius 1 is 0.393 bits per heavy atom. The van der Waals surface area contributed by atoms with Crippen molar-refractivity contribution in [2.24, 2.45) is 57.8 Å². The van der Waals surface area contributed by atoms with Crippen LogP contribution in [0.25, 0.3) is 45.6 Å². The van der Waals surface area contributed by atoms with Gasteiger partial charge in [-0.1, -0.05) is 115 Å². The molecule has 8 aromatic heterocycles. The van der Waals surface area contributed by atoms with E-state index in [4.69, 9.17) is 37.9 Å². The maximum Gasteiger partial charge on any atom is 0.407 e. The maximum atomic E-state index is 12.2. The lowest BCUT2D eigenvalue weighted by atomic mass is 9.87. The summed E-state index contributed by atoms with van der Waals surface area (Å²) in [5, 5.41) is 81.2. The number of carbonyl (C=O) groups is 8. The number of benzene rings is 2. The number of alkyl carbamates (subject to hydrolysis) is 4. The zero-order valence-electron chi connectivity index (χ0n) is 78.0.